The molecule has 1 aromatic heterocycles. The zero-order valence-corrected chi connectivity index (χ0v) is 12.5. The molecular weight excluding hydrogens is 262 g/mol. The topological polar surface area (TPSA) is 64.1 Å². The molecule has 0 aliphatic heterocycles. The monoisotopic (exact) mass is 283 g/mol. The standard InChI is InChI=1S/C13H21N3O2S/c1-4-6-7-8-14-11-10(12(17)18-5-2)9-15-13(16-11)19-3/h9H,4-8H2,1-3H3,(H,14,15,16). The zero-order valence-electron chi connectivity index (χ0n) is 11.7. The summed E-state index contributed by atoms with van der Waals surface area (Å²) in [5.41, 5.74) is 0.399. The van der Waals surface area contributed by atoms with Gasteiger partial charge < -0.3 is 10.1 Å². The number of carbonyl (C=O) groups excluding carboxylic acids is 1. The van der Waals surface area contributed by atoms with Gasteiger partial charge in [-0.1, -0.05) is 31.5 Å². The van der Waals surface area contributed by atoms with Gasteiger partial charge in [0.05, 0.1) is 6.61 Å². The molecule has 0 aromatic carbocycles. The van der Waals surface area contributed by atoms with E-state index >= 15 is 0 Å². The number of carbonyl (C=O) groups is 1. The van der Waals surface area contributed by atoms with Gasteiger partial charge in [0.1, 0.15) is 11.4 Å². The first-order valence-electron chi connectivity index (χ1n) is 6.54. The Morgan fingerprint density at radius 2 is 2.21 bits per heavy atom. The maximum Gasteiger partial charge on any atom is 0.343 e. The fourth-order valence-electron chi connectivity index (χ4n) is 1.54. The highest BCUT2D eigenvalue weighted by atomic mass is 32.2. The maximum atomic E-state index is 11.8. The van der Waals surface area contributed by atoms with Gasteiger partial charge in [0.2, 0.25) is 0 Å². The molecule has 1 aromatic rings. The first-order chi connectivity index (χ1) is 9.22. The van der Waals surface area contributed by atoms with Crippen LogP contribution in [0.1, 0.15) is 43.5 Å². The molecule has 0 radical (unpaired) electrons. The van der Waals surface area contributed by atoms with Gasteiger partial charge in [-0.2, -0.15) is 0 Å². The van der Waals surface area contributed by atoms with Gasteiger partial charge in [-0.15, -0.1) is 0 Å². The van der Waals surface area contributed by atoms with Crippen LogP contribution in [0.25, 0.3) is 0 Å². The molecule has 0 amide bonds. The van der Waals surface area contributed by atoms with Crippen LogP contribution in [0.3, 0.4) is 0 Å². The summed E-state index contributed by atoms with van der Waals surface area (Å²) in [4.78, 5) is 20.3. The minimum Gasteiger partial charge on any atom is -0.462 e. The molecule has 6 heteroatoms. The molecule has 0 spiro atoms. The number of hydrogen-bond donors (Lipinski definition) is 1. The average Bonchev–Trinajstić information content (AvgIpc) is 2.43. The summed E-state index contributed by atoms with van der Waals surface area (Å²) < 4.78 is 5.00. The number of esters is 1. The number of anilines is 1. The van der Waals surface area contributed by atoms with Crippen molar-refractivity contribution in [2.45, 2.75) is 38.3 Å². The number of nitrogens with one attached hydrogen (secondary N) is 1. The van der Waals surface area contributed by atoms with E-state index in [9.17, 15) is 4.79 Å². The Morgan fingerprint density at radius 3 is 2.84 bits per heavy atom. The van der Waals surface area contributed by atoms with Crippen molar-refractivity contribution in [1.82, 2.24) is 9.97 Å². The molecule has 0 unspecified atom stereocenters. The molecule has 0 bridgehead atoms. The van der Waals surface area contributed by atoms with Gasteiger partial charge in [-0.05, 0) is 19.6 Å². The smallest absolute Gasteiger partial charge is 0.343 e. The molecule has 0 aliphatic rings. The van der Waals surface area contributed by atoms with Crippen LogP contribution in [0, 0.1) is 0 Å². The van der Waals surface area contributed by atoms with E-state index in [1.807, 2.05) is 6.26 Å². The lowest BCUT2D eigenvalue weighted by Gasteiger charge is -2.10. The van der Waals surface area contributed by atoms with E-state index in [-0.39, 0.29) is 5.97 Å². The van der Waals surface area contributed by atoms with Crippen molar-refractivity contribution in [1.29, 1.82) is 0 Å². The number of ether oxygens (including phenoxy) is 1. The summed E-state index contributed by atoms with van der Waals surface area (Å²) in [6, 6.07) is 0. The summed E-state index contributed by atoms with van der Waals surface area (Å²) in [6.07, 6.45) is 6.80. The highest BCUT2D eigenvalue weighted by Gasteiger charge is 2.15. The van der Waals surface area contributed by atoms with Gasteiger partial charge in [0.15, 0.2) is 5.16 Å². The highest BCUT2D eigenvalue weighted by molar-refractivity contribution is 7.98. The normalized spacial score (nSPS) is 10.3. The molecular formula is C13H21N3O2S. The molecule has 106 valence electrons. The molecule has 0 saturated heterocycles. The highest BCUT2D eigenvalue weighted by Crippen LogP contribution is 2.17. The SMILES string of the molecule is CCCCCNc1nc(SC)ncc1C(=O)OCC. The van der Waals surface area contributed by atoms with Crippen molar-refractivity contribution < 1.29 is 9.53 Å². The Kier molecular flexibility index (Phi) is 7.25. The van der Waals surface area contributed by atoms with Crippen LogP contribution < -0.4 is 5.32 Å². The predicted octanol–water partition coefficient (Wildman–Crippen LogP) is 2.98. The van der Waals surface area contributed by atoms with E-state index in [1.54, 1.807) is 6.92 Å². The number of hydrogen-bond acceptors (Lipinski definition) is 6. The van der Waals surface area contributed by atoms with Gasteiger partial charge in [0, 0.05) is 12.7 Å². The number of nitrogens with zero attached hydrogens (tertiary/aromatic N) is 2. The zero-order chi connectivity index (χ0) is 14.1. The molecule has 1 N–H and O–H groups in total. The van der Waals surface area contributed by atoms with Crippen molar-refractivity contribution in [3.63, 3.8) is 0 Å². The van der Waals surface area contributed by atoms with Crippen LogP contribution in [0.5, 0.6) is 0 Å². The summed E-state index contributed by atoms with van der Waals surface area (Å²) in [6.45, 7) is 5.08. The van der Waals surface area contributed by atoms with Crippen molar-refractivity contribution in [2.24, 2.45) is 0 Å². The fraction of sp³-hybridized carbons (Fsp3) is 0.615. The quantitative estimate of drug-likeness (QED) is 0.342. The first-order valence-corrected chi connectivity index (χ1v) is 7.77. The summed E-state index contributed by atoms with van der Waals surface area (Å²) >= 11 is 1.45. The summed E-state index contributed by atoms with van der Waals surface area (Å²) in [5.74, 6) is 0.182. The predicted molar refractivity (Wildman–Crippen MR) is 77.8 cm³/mol. The van der Waals surface area contributed by atoms with Crippen molar-refractivity contribution >= 4 is 23.5 Å². The lowest BCUT2D eigenvalue weighted by molar-refractivity contribution is 0.0526. The van der Waals surface area contributed by atoms with E-state index in [2.05, 4.69) is 22.2 Å². The lowest BCUT2D eigenvalue weighted by atomic mass is 10.2. The first kappa shape index (κ1) is 15.8. The van der Waals surface area contributed by atoms with E-state index in [0.717, 1.165) is 25.8 Å². The Labute approximate surface area is 118 Å². The Balaban J connectivity index is 2.80. The third-order valence-electron chi connectivity index (χ3n) is 2.52. The van der Waals surface area contributed by atoms with Gasteiger partial charge >= 0.3 is 5.97 Å². The number of aromatic nitrogens is 2. The number of rotatable bonds is 8. The maximum absolute atomic E-state index is 11.8. The molecule has 0 saturated carbocycles. The van der Waals surface area contributed by atoms with Crippen LogP contribution in [0.15, 0.2) is 11.4 Å². The minimum absolute atomic E-state index is 0.346. The lowest BCUT2D eigenvalue weighted by Crippen LogP contribution is -2.13. The van der Waals surface area contributed by atoms with Crippen LogP contribution in [0.4, 0.5) is 5.82 Å². The molecule has 0 aliphatic carbocycles. The van der Waals surface area contributed by atoms with Crippen LogP contribution in [0.2, 0.25) is 0 Å². The number of thioether (sulfide) groups is 1. The molecule has 5 nitrogen and oxygen atoms in total. The molecule has 1 heterocycles. The van der Waals surface area contributed by atoms with E-state index in [0.29, 0.717) is 23.1 Å². The molecule has 1 rings (SSSR count). The van der Waals surface area contributed by atoms with Gasteiger partial charge in [0.25, 0.3) is 0 Å². The number of unbranched alkanes of at least 4 members (excludes halogenated alkanes) is 2. The Morgan fingerprint density at radius 1 is 1.42 bits per heavy atom. The molecule has 0 atom stereocenters. The van der Waals surface area contributed by atoms with Crippen molar-refractivity contribution in [2.75, 3.05) is 24.7 Å². The average molecular weight is 283 g/mol. The second-order valence-electron chi connectivity index (χ2n) is 3.97. The van der Waals surface area contributed by atoms with E-state index in [4.69, 9.17) is 4.74 Å². The molecule has 19 heavy (non-hydrogen) atoms. The fourth-order valence-corrected chi connectivity index (χ4v) is 1.88. The van der Waals surface area contributed by atoms with Crippen LogP contribution in [-0.2, 0) is 4.74 Å². The van der Waals surface area contributed by atoms with Gasteiger partial charge in [-0.25, -0.2) is 14.8 Å². The third kappa shape index (κ3) is 5.06. The second kappa shape index (κ2) is 8.74. The Bertz CT molecular complexity index is 413. The third-order valence-corrected chi connectivity index (χ3v) is 3.08. The minimum atomic E-state index is -0.381. The van der Waals surface area contributed by atoms with Crippen molar-refractivity contribution in [3.05, 3.63) is 11.8 Å². The van der Waals surface area contributed by atoms with E-state index in [1.165, 1.54) is 18.0 Å². The Hall–Kier alpha value is -1.30. The summed E-state index contributed by atoms with van der Waals surface area (Å²) in [7, 11) is 0. The second-order valence-corrected chi connectivity index (χ2v) is 4.75. The van der Waals surface area contributed by atoms with Crippen LogP contribution >= 0.6 is 11.8 Å². The summed E-state index contributed by atoms with van der Waals surface area (Å²) in [5, 5.41) is 3.84. The van der Waals surface area contributed by atoms with E-state index < -0.39 is 0 Å². The largest absolute Gasteiger partial charge is 0.462 e. The van der Waals surface area contributed by atoms with Crippen LogP contribution in [-0.4, -0.2) is 35.3 Å². The molecule has 0 fully saturated rings. The van der Waals surface area contributed by atoms with Gasteiger partial charge in [-0.3, -0.25) is 0 Å². The van der Waals surface area contributed by atoms with Crippen molar-refractivity contribution in [3.8, 4) is 0 Å².